The first-order chi connectivity index (χ1) is 12.3. The molecule has 2 rings (SSSR count). The van der Waals surface area contributed by atoms with Gasteiger partial charge in [-0.2, -0.15) is 0 Å². The lowest BCUT2D eigenvalue weighted by Crippen LogP contribution is -2.65. The molecule has 0 bridgehead atoms. The fourth-order valence-corrected chi connectivity index (χ4v) is 4.61. The summed E-state index contributed by atoms with van der Waals surface area (Å²) < 4.78 is 5.76. The van der Waals surface area contributed by atoms with Crippen molar-refractivity contribution >= 4 is 29.3 Å². The summed E-state index contributed by atoms with van der Waals surface area (Å²) in [6.07, 6.45) is -0.144. The Kier molecular flexibility index (Phi) is 8.46. The summed E-state index contributed by atoms with van der Waals surface area (Å²) in [6.45, 7) is 4.65. The number of hydrogen-bond acceptors (Lipinski definition) is 7. The molecule has 0 unspecified atom stereocenters. The molecule has 5 N–H and O–H groups in total. The van der Waals surface area contributed by atoms with Crippen molar-refractivity contribution in [1.29, 1.82) is 0 Å². The Morgan fingerprint density at radius 3 is 2.62 bits per heavy atom. The van der Waals surface area contributed by atoms with Gasteiger partial charge in [-0.3, -0.25) is 4.79 Å². The van der Waals surface area contributed by atoms with Crippen LogP contribution in [0.4, 0.5) is 0 Å². The van der Waals surface area contributed by atoms with E-state index < -0.39 is 41.3 Å². The Morgan fingerprint density at radius 1 is 1.35 bits per heavy atom. The van der Waals surface area contributed by atoms with Crippen molar-refractivity contribution in [3.63, 3.8) is 0 Å². The number of aliphatic hydroxyl groups is 3. The summed E-state index contributed by atoms with van der Waals surface area (Å²) in [5, 5.41) is 36.1. The highest BCUT2D eigenvalue weighted by Crippen LogP contribution is 2.30. The Balaban J connectivity index is 2.05. The number of thioether (sulfide) groups is 1. The van der Waals surface area contributed by atoms with Crippen LogP contribution in [-0.2, 0) is 9.53 Å². The van der Waals surface area contributed by atoms with E-state index in [4.69, 9.17) is 16.3 Å². The number of ether oxygens (including phenoxy) is 1. The van der Waals surface area contributed by atoms with Gasteiger partial charge in [0.05, 0.1) is 17.5 Å². The second-order valence-electron chi connectivity index (χ2n) is 7.24. The van der Waals surface area contributed by atoms with Crippen molar-refractivity contribution in [3.8, 4) is 0 Å². The number of amides is 1. The third kappa shape index (κ3) is 5.04. The van der Waals surface area contributed by atoms with Crippen molar-refractivity contribution in [1.82, 2.24) is 10.6 Å². The fraction of sp³-hybridized carbons (Fsp3) is 0.941. The molecule has 2 aliphatic heterocycles. The van der Waals surface area contributed by atoms with Crippen LogP contribution in [0, 0.1) is 5.92 Å². The van der Waals surface area contributed by atoms with E-state index in [0.29, 0.717) is 5.92 Å². The molecule has 0 spiro atoms. The lowest BCUT2D eigenvalue weighted by atomic mass is 9.92. The quantitative estimate of drug-likeness (QED) is 0.377. The molecule has 2 saturated heterocycles. The van der Waals surface area contributed by atoms with Gasteiger partial charge >= 0.3 is 0 Å². The van der Waals surface area contributed by atoms with E-state index in [9.17, 15) is 20.1 Å². The van der Waals surface area contributed by atoms with Crippen LogP contribution < -0.4 is 10.6 Å². The van der Waals surface area contributed by atoms with Crippen LogP contribution in [0.25, 0.3) is 0 Å². The van der Waals surface area contributed by atoms with E-state index in [1.165, 1.54) is 11.8 Å². The van der Waals surface area contributed by atoms with E-state index >= 15 is 0 Å². The van der Waals surface area contributed by atoms with Crippen LogP contribution in [-0.4, -0.2) is 81.3 Å². The van der Waals surface area contributed by atoms with E-state index in [-0.39, 0.29) is 11.9 Å². The summed E-state index contributed by atoms with van der Waals surface area (Å²) in [7, 11) is 0. The summed E-state index contributed by atoms with van der Waals surface area (Å²) >= 11 is 7.50. The third-order valence-corrected chi connectivity index (χ3v) is 6.36. The number of hydrogen-bond donors (Lipinski definition) is 5. The number of alkyl halides is 1. The highest BCUT2D eigenvalue weighted by atomic mass is 35.5. The molecule has 1 amide bonds. The summed E-state index contributed by atoms with van der Waals surface area (Å²) in [4.78, 5) is 12.7. The molecular weight excluding hydrogens is 380 g/mol. The van der Waals surface area contributed by atoms with Gasteiger partial charge in [0.1, 0.15) is 29.9 Å². The van der Waals surface area contributed by atoms with Crippen LogP contribution in [0.15, 0.2) is 0 Å². The topological polar surface area (TPSA) is 111 Å². The van der Waals surface area contributed by atoms with Crippen LogP contribution in [0.3, 0.4) is 0 Å². The first kappa shape index (κ1) is 22.2. The fourth-order valence-electron chi connectivity index (χ4n) is 3.73. The van der Waals surface area contributed by atoms with Gasteiger partial charge in [-0.1, -0.05) is 13.3 Å². The minimum atomic E-state index is -1.36. The SMILES string of the molecule is CCC[C@H]1CN[C@H](C(=O)N[C@@H]([C@H]2O[C@H](SC)[C@H](O)[C@@H](O)[C@H]2O)[C@H](C)Cl)C1. The molecule has 0 aromatic heterocycles. The largest absolute Gasteiger partial charge is 0.388 e. The number of aliphatic hydroxyl groups excluding tert-OH is 3. The second kappa shape index (κ2) is 9.91. The van der Waals surface area contributed by atoms with Crippen LogP contribution >= 0.6 is 23.4 Å². The smallest absolute Gasteiger partial charge is 0.237 e. The maximum Gasteiger partial charge on any atom is 0.237 e. The van der Waals surface area contributed by atoms with E-state index in [0.717, 1.165) is 25.8 Å². The number of rotatable bonds is 7. The third-order valence-electron chi connectivity index (χ3n) is 5.23. The minimum Gasteiger partial charge on any atom is -0.388 e. The van der Waals surface area contributed by atoms with Crippen LogP contribution in [0.5, 0.6) is 0 Å². The number of nitrogens with one attached hydrogen (secondary N) is 2. The Morgan fingerprint density at radius 2 is 2.04 bits per heavy atom. The lowest BCUT2D eigenvalue weighted by Gasteiger charge is -2.44. The number of carbonyl (C=O) groups is 1. The molecule has 2 aliphatic rings. The monoisotopic (exact) mass is 410 g/mol. The highest BCUT2D eigenvalue weighted by molar-refractivity contribution is 7.99. The minimum absolute atomic E-state index is 0.182. The average Bonchev–Trinajstić information content (AvgIpc) is 3.07. The molecule has 0 radical (unpaired) electrons. The van der Waals surface area contributed by atoms with Gasteiger partial charge in [-0.15, -0.1) is 23.4 Å². The maximum absolute atomic E-state index is 12.7. The predicted molar refractivity (Wildman–Crippen MR) is 102 cm³/mol. The van der Waals surface area contributed by atoms with Crippen molar-refractivity contribution in [3.05, 3.63) is 0 Å². The molecule has 9 heteroatoms. The van der Waals surface area contributed by atoms with E-state index in [2.05, 4.69) is 17.6 Å². The summed E-state index contributed by atoms with van der Waals surface area (Å²) in [6, 6.07) is -0.986. The van der Waals surface area contributed by atoms with Gasteiger partial charge < -0.3 is 30.7 Å². The molecule has 7 nitrogen and oxygen atoms in total. The zero-order chi connectivity index (χ0) is 19.4. The molecule has 9 atom stereocenters. The maximum atomic E-state index is 12.7. The van der Waals surface area contributed by atoms with Gasteiger partial charge in [-0.05, 0) is 38.5 Å². The van der Waals surface area contributed by atoms with E-state index in [1.807, 2.05) is 0 Å². The van der Waals surface area contributed by atoms with Gasteiger partial charge in [0.15, 0.2) is 0 Å². The summed E-state index contributed by atoms with van der Waals surface area (Å²) in [5.41, 5.74) is -0.702. The Labute approximate surface area is 164 Å². The number of carbonyl (C=O) groups excluding carboxylic acids is 1. The number of halogens is 1. The van der Waals surface area contributed by atoms with Gasteiger partial charge in [0.25, 0.3) is 0 Å². The average molecular weight is 411 g/mol. The molecule has 0 aromatic rings. The van der Waals surface area contributed by atoms with Crippen molar-refractivity contribution in [2.75, 3.05) is 12.8 Å². The molecule has 0 aromatic carbocycles. The summed E-state index contributed by atoms with van der Waals surface area (Å²) in [5.74, 6) is 0.301. The molecule has 0 saturated carbocycles. The molecule has 26 heavy (non-hydrogen) atoms. The normalized spacial score (nSPS) is 40.2. The molecule has 152 valence electrons. The van der Waals surface area contributed by atoms with Crippen molar-refractivity contribution in [2.45, 2.75) is 80.4 Å². The van der Waals surface area contributed by atoms with Gasteiger partial charge in [-0.25, -0.2) is 0 Å². The first-order valence-electron chi connectivity index (χ1n) is 9.20. The highest BCUT2D eigenvalue weighted by Gasteiger charge is 2.48. The molecule has 2 heterocycles. The zero-order valence-electron chi connectivity index (χ0n) is 15.5. The molecular formula is C17H31ClN2O5S. The van der Waals surface area contributed by atoms with Crippen LogP contribution in [0.1, 0.15) is 33.1 Å². The van der Waals surface area contributed by atoms with Gasteiger partial charge in [0, 0.05) is 0 Å². The van der Waals surface area contributed by atoms with Crippen LogP contribution in [0.2, 0.25) is 0 Å². The Bertz CT molecular complexity index is 470. The zero-order valence-corrected chi connectivity index (χ0v) is 17.0. The lowest BCUT2D eigenvalue weighted by molar-refractivity contribution is -0.205. The van der Waals surface area contributed by atoms with Gasteiger partial charge in [0.2, 0.25) is 5.91 Å². The standard InChI is InChI=1S/C17H31ClN2O5S/c1-4-5-9-6-10(19-7-9)16(24)20-11(8(2)18)15-13(22)12(21)14(23)17(25-15)26-3/h8-15,17,19,21-23H,4-7H2,1-3H3,(H,20,24)/t8-,9+,10-,11+,12-,13+,14+,15+,17+/m0/s1. The second-order valence-corrected chi connectivity index (χ2v) is 8.86. The van der Waals surface area contributed by atoms with E-state index in [1.54, 1.807) is 13.2 Å². The molecule has 0 aliphatic carbocycles. The van der Waals surface area contributed by atoms with Crippen molar-refractivity contribution in [2.24, 2.45) is 5.92 Å². The van der Waals surface area contributed by atoms with Crippen molar-refractivity contribution < 1.29 is 24.9 Å². The first-order valence-corrected chi connectivity index (χ1v) is 10.9. The molecule has 2 fully saturated rings. The Hall–Kier alpha value is -0.0900. The predicted octanol–water partition coefficient (Wildman–Crippen LogP) is 0.0473.